The molecule has 1 aliphatic heterocycles. The van der Waals surface area contributed by atoms with Gasteiger partial charge in [-0.25, -0.2) is 4.39 Å². The molecular formula is C23H19FN2O2. The third kappa shape index (κ3) is 3.38. The highest BCUT2D eigenvalue weighted by Gasteiger charge is 2.51. The van der Waals surface area contributed by atoms with E-state index in [9.17, 15) is 19.6 Å². The van der Waals surface area contributed by atoms with Crippen LogP contribution < -0.4 is 0 Å². The molecular weight excluding hydrogens is 355 g/mol. The number of nitriles is 1. The first-order valence-corrected chi connectivity index (χ1v) is 9.32. The topological polar surface area (TPSA) is 64.3 Å². The van der Waals surface area contributed by atoms with Crippen molar-refractivity contribution in [3.05, 3.63) is 71.0 Å². The Bertz CT molecular complexity index is 996. The fraction of sp³-hybridized carbons (Fsp3) is 0.304. The minimum Gasteiger partial charge on any atom is -0.394 e. The number of carbonyl (C=O) groups is 1. The zero-order chi connectivity index (χ0) is 19.7. The standard InChI is InChI=1S/C23H19FN2O2/c24-19-3-1-2-18(12-19)23(28)26-20(13-25)22(21(26)14-27)17-10-8-16(9-11-17)7-6-15-4-5-15/h1-3,8-12,15,20-22,27H,4-5,14H2/t20-,21+,22-/m0/s1. The Labute approximate surface area is 163 Å². The summed E-state index contributed by atoms with van der Waals surface area (Å²) in [7, 11) is 0. The highest BCUT2D eigenvalue weighted by atomic mass is 19.1. The SMILES string of the molecule is N#C[C@H]1[C@H](c2ccc(C#CC3CC3)cc2)[C@@H](CO)N1C(=O)c1cccc(F)c1. The van der Waals surface area contributed by atoms with Crippen LogP contribution in [0.3, 0.4) is 0 Å². The van der Waals surface area contributed by atoms with E-state index in [-0.39, 0.29) is 18.1 Å². The molecule has 4 rings (SSSR count). The molecule has 2 aliphatic rings. The normalized spacial score (nSPS) is 23.2. The molecule has 5 heteroatoms. The van der Waals surface area contributed by atoms with Crippen LogP contribution in [0.1, 0.15) is 40.2 Å². The van der Waals surface area contributed by atoms with Crippen LogP contribution in [0.2, 0.25) is 0 Å². The Morgan fingerprint density at radius 2 is 1.96 bits per heavy atom. The van der Waals surface area contributed by atoms with E-state index in [2.05, 4.69) is 17.9 Å². The van der Waals surface area contributed by atoms with Gasteiger partial charge in [-0.05, 0) is 48.7 Å². The lowest BCUT2D eigenvalue weighted by molar-refractivity contribution is -0.00588. The summed E-state index contributed by atoms with van der Waals surface area (Å²) in [6.07, 6.45) is 2.34. The van der Waals surface area contributed by atoms with Crippen molar-refractivity contribution in [1.29, 1.82) is 5.26 Å². The highest BCUT2D eigenvalue weighted by Crippen LogP contribution is 2.41. The van der Waals surface area contributed by atoms with Crippen LogP contribution >= 0.6 is 0 Å². The Morgan fingerprint density at radius 3 is 2.57 bits per heavy atom. The largest absolute Gasteiger partial charge is 0.394 e. The van der Waals surface area contributed by atoms with Crippen molar-refractivity contribution in [3.63, 3.8) is 0 Å². The zero-order valence-electron chi connectivity index (χ0n) is 15.2. The van der Waals surface area contributed by atoms with Gasteiger partial charge in [0.2, 0.25) is 0 Å². The number of rotatable bonds is 3. The van der Waals surface area contributed by atoms with Crippen LogP contribution in [0.4, 0.5) is 4.39 Å². The van der Waals surface area contributed by atoms with E-state index in [1.165, 1.54) is 35.9 Å². The third-order valence-corrected chi connectivity index (χ3v) is 5.33. The summed E-state index contributed by atoms with van der Waals surface area (Å²) in [6, 6.07) is 13.9. The number of hydrogen-bond acceptors (Lipinski definition) is 3. The molecule has 0 radical (unpaired) electrons. The average molecular weight is 374 g/mol. The summed E-state index contributed by atoms with van der Waals surface area (Å²) in [5.74, 6) is 5.62. The lowest BCUT2D eigenvalue weighted by Crippen LogP contribution is -2.65. The quantitative estimate of drug-likeness (QED) is 0.840. The fourth-order valence-corrected chi connectivity index (χ4v) is 3.66. The van der Waals surface area contributed by atoms with Gasteiger partial charge in [-0.3, -0.25) is 4.79 Å². The van der Waals surface area contributed by atoms with Crippen LogP contribution in [0.5, 0.6) is 0 Å². The summed E-state index contributed by atoms with van der Waals surface area (Å²) in [5.41, 5.74) is 1.96. The molecule has 4 nitrogen and oxygen atoms in total. The molecule has 2 aromatic carbocycles. The van der Waals surface area contributed by atoms with Crippen LogP contribution in [0, 0.1) is 34.9 Å². The maximum atomic E-state index is 13.5. The van der Waals surface area contributed by atoms with Crippen molar-refractivity contribution in [2.24, 2.45) is 5.92 Å². The number of nitrogens with zero attached hydrogens (tertiary/aromatic N) is 2. The van der Waals surface area contributed by atoms with Gasteiger partial charge < -0.3 is 10.0 Å². The van der Waals surface area contributed by atoms with Gasteiger partial charge in [0, 0.05) is 23.0 Å². The van der Waals surface area contributed by atoms with Crippen molar-refractivity contribution < 1.29 is 14.3 Å². The summed E-state index contributed by atoms with van der Waals surface area (Å²) in [4.78, 5) is 14.1. The summed E-state index contributed by atoms with van der Waals surface area (Å²) in [6.45, 7) is -0.271. The second-order valence-corrected chi connectivity index (χ2v) is 7.24. The number of likely N-dealkylation sites (tertiary alicyclic amines) is 1. The zero-order valence-corrected chi connectivity index (χ0v) is 15.2. The Balaban J connectivity index is 1.56. The lowest BCUT2D eigenvalue weighted by Gasteiger charge is -2.51. The number of hydrogen-bond donors (Lipinski definition) is 1. The second-order valence-electron chi connectivity index (χ2n) is 7.24. The number of amides is 1. The van der Waals surface area contributed by atoms with Gasteiger partial charge in [0.15, 0.2) is 0 Å². The van der Waals surface area contributed by atoms with Gasteiger partial charge in [-0.2, -0.15) is 5.26 Å². The molecule has 140 valence electrons. The Kier molecular flexibility index (Phi) is 4.86. The van der Waals surface area contributed by atoms with Crippen molar-refractivity contribution >= 4 is 5.91 Å². The Morgan fingerprint density at radius 1 is 1.21 bits per heavy atom. The van der Waals surface area contributed by atoms with Crippen LogP contribution in [-0.4, -0.2) is 34.6 Å². The number of aliphatic hydroxyl groups excluding tert-OH is 1. The van der Waals surface area contributed by atoms with E-state index < -0.39 is 23.8 Å². The smallest absolute Gasteiger partial charge is 0.255 e. The molecule has 0 spiro atoms. The molecule has 1 heterocycles. The van der Waals surface area contributed by atoms with Crippen LogP contribution in [0.25, 0.3) is 0 Å². The maximum absolute atomic E-state index is 13.5. The molecule has 0 unspecified atom stereocenters. The van der Waals surface area contributed by atoms with Crippen molar-refractivity contribution in [3.8, 4) is 17.9 Å². The minimum absolute atomic E-state index is 0.169. The van der Waals surface area contributed by atoms with Crippen molar-refractivity contribution in [1.82, 2.24) is 4.90 Å². The average Bonchev–Trinajstić information content (AvgIpc) is 3.52. The number of aliphatic hydroxyl groups is 1. The first kappa shape index (κ1) is 18.2. The molecule has 1 saturated heterocycles. The van der Waals surface area contributed by atoms with Gasteiger partial charge in [0.1, 0.15) is 11.9 Å². The molecule has 1 amide bonds. The minimum atomic E-state index is -0.712. The molecule has 1 aliphatic carbocycles. The van der Waals surface area contributed by atoms with Crippen LogP contribution in [0.15, 0.2) is 48.5 Å². The summed E-state index contributed by atoms with van der Waals surface area (Å²) < 4.78 is 13.5. The van der Waals surface area contributed by atoms with Gasteiger partial charge >= 0.3 is 0 Å². The van der Waals surface area contributed by atoms with Gasteiger partial charge in [0.25, 0.3) is 5.91 Å². The van der Waals surface area contributed by atoms with E-state index in [0.717, 1.165) is 17.2 Å². The maximum Gasteiger partial charge on any atom is 0.255 e. The summed E-state index contributed by atoms with van der Waals surface area (Å²) >= 11 is 0. The van der Waals surface area contributed by atoms with E-state index in [1.807, 2.05) is 24.3 Å². The molecule has 28 heavy (non-hydrogen) atoms. The van der Waals surface area contributed by atoms with E-state index in [1.54, 1.807) is 0 Å². The second kappa shape index (κ2) is 7.46. The van der Waals surface area contributed by atoms with E-state index in [0.29, 0.717) is 5.92 Å². The first-order valence-electron chi connectivity index (χ1n) is 9.32. The van der Waals surface area contributed by atoms with E-state index in [4.69, 9.17) is 0 Å². The molecule has 1 N–H and O–H groups in total. The third-order valence-electron chi connectivity index (χ3n) is 5.33. The number of benzene rings is 2. The number of halogens is 1. The van der Waals surface area contributed by atoms with Crippen molar-refractivity contribution in [2.45, 2.75) is 30.8 Å². The van der Waals surface area contributed by atoms with Gasteiger partial charge in [-0.15, -0.1) is 0 Å². The summed E-state index contributed by atoms with van der Waals surface area (Å²) in [5, 5.41) is 19.5. The molecule has 2 aromatic rings. The molecule has 1 saturated carbocycles. The van der Waals surface area contributed by atoms with Crippen LogP contribution in [-0.2, 0) is 0 Å². The predicted molar refractivity (Wildman–Crippen MR) is 102 cm³/mol. The molecule has 0 aromatic heterocycles. The molecule has 3 atom stereocenters. The first-order chi connectivity index (χ1) is 13.6. The van der Waals surface area contributed by atoms with Gasteiger partial charge in [-0.1, -0.05) is 30.0 Å². The molecule has 2 fully saturated rings. The predicted octanol–water partition coefficient (Wildman–Crippen LogP) is 3.08. The molecule has 0 bridgehead atoms. The highest BCUT2D eigenvalue weighted by molar-refractivity contribution is 5.95. The number of carbonyl (C=O) groups excluding carboxylic acids is 1. The lowest BCUT2D eigenvalue weighted by atomic mass is 9.75. The van der Waals surface area contributed by atoms with E-state index >= 15 is 0 Å². The van der Waals surface area contributed by atoms with Gasteiger partial charge in [0.05, 0.1) is 18.7 Å². The monoisotopic (exact) mass is 374 g/mol. The van der Waals surface area contributed by atoms with Crippen molar-refractivity contribution in [2.75, 3.05) is 6.61 Å². The Hall–Kier alpha value is -3.15. The fourth-order valence-electron chi connectivity index (χ4n) is 3.66.